The van der Waals surface area contributed by atoms with Gasteiger partial charge in [-0.2, -0.15) is 0 Å². The van der Waals surface area contributed by atoms with Gasteiger partial charge in [0.2, 0.25) is 0 Å². The molecule has 0 amide bonds. The van der Waals surface area contributed by atoms with Crippen molar-refractivity contribution in [3.05, 3.63) is 29.3 Å². The molecule has 4 heteroatoms. The first-order valence-corrected chi connectivity index (χ1v) is 3.60. The minimum atomic E-state index is -0.247. The number of carbonyl (C=O) groups excluding carboxylic acids is 1. The van der Waals surface area contributed by atoms with Gasteiger partial charge in [0, 0.05) is 5.56 Å². The molecular formula is C9H12O4. The predicted molar refractivity (Wildman–Crippen MR) is 47.1 cm³/mol. The van der Waals surface area contributed by atoms with Crippen LogP contribution in [0.5, 0.6) is 5.75 Å². The van der Waals surface area contributed by atoms with Gasteiger partial charge in [-0.05, 0) is 11.6 Å². The topological polar surface area (TPSA) is 77.8 Å². The number of aromatic hydroxyl groups is 1. The summed E-state index contributed by atoms with van der Waals surface area (Å²) in [5, 5.41) is 26.7. The lowest BCUT2D eigenvalue weighted by Crippen LogP contribution is -1.93. The fourth-order valence-electron chi connectivity index (χ4n) is 0.952. The molecule has 0 aromatic heterocycles. The fourth-order valence-corrected chi connectivity index (χ4v) is 0.952. The predicted octanol–water partition coefficient (Wildman–Crippen LogP) is 0.192. The van der Waals surface area contributed by atoms with E-state index in [1.165, 1.54) is 6.07 Å². The molecule has 0 atom stereocenters. The molecule has 0 aliphatic rings. The summed E-state index contributed by atoms with van der Waals surface area (Å²) in [6, 6.07) is 4.76. The molecule has 0 saturated heterocycles. The molecule has 0 aliphatic carbocycles. The van der Waals surface area contributed by atoms with Crippen molar-refractivity contribution in [2.75, 3.05) is 0 Å². The maximum absolute atomic E-state index is 9.15. The van der Waals surface area contributed by atoms with Gasteiger partial charge in [-0.1, -0.05) is 12.1 Å². The molecule has 1 aromatic rings. The van der Waals surface area contributed by atoms with Crippen LogP contribution in [0.2, 0.25) is 0 Å². The van der Waals surface area contributed by atoms with E-state index in [4.69, 9.17) is 20.1 Å². The van der Waals surface area contributed by atoms with Crippen LogP contribution in [0.25, 0.3) is 0 Å². The first-order valence-electron chi connectivity index (χ1n) is 3.60. The molecule has 0 aliphatic heterocycles. The third-order valence-electron chi connectivity index (χ3n) is 1.58. The molecule has 0 unspecified atom stereocenters. The van der Waals surface area contributed by atoms with Crippen LogP contribution in [-0.2, 0) is 18.0 Å². The van der Waals surface area contributed by atoms with Crippen molar-refractivity contribution < 1.29 is 20.1 Å². The van der Waals surface area contributed by atoms with Crippen molar-refractivity contribution in [3.63, 3.8) is 0 Å². The van der Waals surface area contributed by atoms with E-state index in [2.05, 4.69) is 0 Å². The van der Waals surface area contributed by atoms with E-state index >= 15 is 0 Å². The van der Waals surface area contributed by atoms with Crippen LogP contribution < -0.4 is 0 Å². The van der Waals surface area contributed by atoms with Gasteiger partial charge in [-0.25, -0.2) is 0 Å². The van der Waals surface area contributed by atoms with E-state index in [-0.39, 0.29) is 19.0 Å². The van der Waals surface area contributed by atoms with Crippen molar-refractivity contribution in [3.8, 4) is 5.75 Å². The summed E-state index contributed by atoms with van der Waals surface area (Å²) in [5.74, 6) is 0.0269. The zero-order valence-corrected chi connectivity index (χ0v) is 7.10. The standard InChI is InChI=1S/C8H10O3.CH2O/c9-4-6-2-1-3-8(11)7(6)5-10;1-2/h1-3,9-11H,4-5H2;1H2. The summed E-state index contributed by atoms with van der Waals surface area (Å²) in [5.41, 5.74) is 0.961. The van der Waals surface area contributed by atoms with Crippen molar-refractivity contribution in [1.29, 1.82) is 0 Å². The van der Waals surface area contributed by atoms with Crippen LogP contribution in [0.1, 0.15) is 11.1 Å². The number of aliphatic hydroxyl groups is 2. The highest BCUT2D eigenvalue weighted by atomic mass is 16.3. The molecule has 1 rings (SSSR count). The molecule has 0 fully saturated rings. The quantitative estimate of drug-likeness (QED) is 0.613. The first kappa shape index (κ1) is 11.6. The summed E-state index contributed by atoms with van der Waals surface area (Å²) < 4.78 is 0. The van der Waals surface area contributed by atoms with E-state index < -0.39 is 0 Å². The van der Waals surface area contributed by atoms with E-state index in [9.17, 15) is 0 Å². The van der Waals surface area contributed by atoms with Crippen molar-refractivity contribution in [2.45, 2.75) is 13.2 Å². The second-order valence-electron chi connectivity index (χ2n) is 2.23. The van der Waals surface area contributed by atoms with E-state index in [0.29, 0.717) is 11.1 Å². The van der Waals surface area contributed by atoms with Crippen molar-refractivity contribution in [1.82, 2.24) is 0 Å². The minimum Gasteiger partial charge on any atom is -0.508 e. The molecule has 13 heavy (non-hydrogen) atoms. The normalized spacial score (nSPS) is 8.77. The first-order chi connectivity index (χ1) is 6.29. The molecule has 0 radical (unpaired) electrons. The highest BCUT2D eigenvalue weighted by Crippen LogP contribution is 2.20. The van der Waals surface area contributed by atoms with Crippen molar-refractivity contribution >= 4 is 6.79 Å². The number of phenols is 1. The molecule has 0 bridgehead atoms. The van der Waals surface area contributed by atoms with Gasteiger partial charge in [0.25, 0.3) is 0 Å². The Kier molecular flexibility index (Phi) is 5.50. The average molecular weight is 184 g/mol. The van der Waals surface area contributed by atoms with Gasteiger partial charge in [0.05, 0.1) is 13.2 Å². The van der Waals surface area contributed by atoms with E-state index in [0.717, 1.165) is 0 Å². The Morgan fingerprint density at radius 2 is 1.77 bits per heavy atom. The molecule has 72 valence electrons. The SMILES string of the molecule is C=O.OCc1cccc(O)c1CO. The van der Waals surface area contributed by atoms with Crippen LogP contribution >= 0.6 is 0 Å². The number of hydrogen-bond acceptors (Lipinski definition) is 4. The van der Waals surface area contributed by atoms with Crippen LogP contribution in [-0.4, -0.2) is 22.1 Å². The summed E-state index contributed by atoms with van der Waals surface area (Å²) >= 11 is 0. The Morgan fingerprint density at radius 3 is 2.15 bits per heavy atom. The van der Waals surface area contributed by atoms with Gasteiger partial charge < -0.3 is 20.1 Å². The second-order valence-corrected chi connectivity index (χ2v) is 2.23. The maximum atomic E-state index is 9.15. The third kappa shape index (κ3) is 2.85. The van der Waals surface area contributed by atoms with Crippen molar-refractivity contribution in [2.24, 2.45) is 0 Å². The van der Waals surface area contributed by atoms with Gasteiger partial charge in [0.1, 0.15) is 12.5 Å². The van der Waals surface area contributed by atoms with Gasteiger partial charge in [-0.15, -0.1) is 0 Å². The number of benzene rings is 1. The summed E-state index contributed by atoms with van der Waals surface area (Å²) in [7, 11) is 0. The molecule has 4 nitrogen and oxygen atoms in total. The average Bonchev–Trinajstić information content (AvgIpc) is 2.20. The fraction of sp³-hybridized carbons (Fsp3) is 0.222. The monoisotopic (exact) mass is 184 g/mol. The van der Waals surface area contributed by atoms with Gasteiger partial charge in [0.15, 0.2) is 0 Å². The largest absolute Gasteiger partial charge is 0.508 e. The number of rotatable bonds is 2. The molecule has 0 saturated carbocycles. The Labute approximate surface area is 76.1 Å². The van der Waals surface area contributed by atoms with Gasteiger partial charge in [-0.3, -0.25) is 0 Å². The molecule has 0 spiro atoms. The molecular weight excluding hydrogens is 172 g/mol. The highest BCUT2D eigenvalue weighted by Gasteiger charge is 2.03. The highest BCUT2D eigenvalue weighted by molar-refractivity contribution is 5.38. The molecule has 3 N–H and O–H groups in total. The summed E-state index contributed by atoms with van der Waals surface area (Å²) in [6.45, 7) is 1.59. The summed E-state index contributed by atoms with van der Waals surface area (Å²) in [6.07, 6.45) is 0. The van der Waals surface area contributed by atoms with Crippen LogP contribution in [0.3, 0.4) is 0 Å². The van der Waals surface area contributed by atoms with Gasteiger partial charge >= 0.3 is 0 Å². The molecule has 1 aromatic carbocycles. The third-order valence-corrected chi connectivity index (χ3v) is 1.58. The van der Waals surface area contributed by atoms with Crippen LogP contribution in [0, 0.1) is 0 Å². The lowest BCUT2D eigenvalue weighted by Gasteiger charge is -2.05. The van der Waals surface area contributed by atoms with Crippen LogP contribution in [0.15, 0.2) is 18.2 Å². The summed E-state index contributed by atoms with van der Waals surface area (Å²) in [4.78, 5) is 8.00. The lowest BCUT2D eigenvalue weighted by molar-refractivity contribution is -0.0979. The zero-order valence-electron chi connectivity index (χ0n) is 7.10. The number of carbonyl (C=O) groups is 1. The zero-order chi connectivity index (χ0) is 10.3. The number of aliphatic hydroxyl groups excluding tert-OH is 2. The smallest absolute Gasteiger partial charge is 0.121 e. The van der Waals surface area contributed by atoms with Crippen LogP contribution in [0.4, 0.5) is 0 Å². The lowest BCUT2D eigenvalue weighted by atomic mass is 10.1. The maximum Gasteiger partial charge on any atom is 0.121 e. The van der Waals surface area contributed by atoms with E-state index in [1.54, 1.807) is 12.1 Å². The Bertz CT molecular complexity index is 260. The second kappa shape index (κ2) is 6.16. The molecule has 0 heterocycles. The minimum absolute atomic E-state index is 0.0269. The Balaban J connectivity index is 0.000000671. The number of hydrogen-bond donors (Lipinski definition) is 3. The Hall–Kier alpha value is -1.39. The van der Waals surface area contributed by atoms with E-state index in [1.807, 2.05) is 6.79 Å². The Morgan fingerprint density at radius 1 is 1.15 bits per heavy atom.